The van der Waals surface area contributed by atoms with Crippen molar-refractivity contribution in [3.05, 3.63) is 34.6 Å². The van der Waals surface area contributed by atoms with Gasteiger partial charge in [0.1, 0.15) is 11.9 Å². The second-order valence-corrected chi connectivity index (χ2v) is 5.04. The fourth-order valence-corrected chi connectivity index (χ4v) is 2.27. The zero-order valence-electron chi connectivity index (χ0n) is 11.5. The lowest BCUT2D eigenvalue weighted by atomic mass is 10.2. The van der Waals surface area contributed by atoms with Crippen molar-refractivity contribution in [3.8, 4) is 11.3 Å². The van der Waals surface area contributed by atoms with Gasteiger partial charge in [-0.05, 0) is 7.05 Å². The van der Waals surface area contributed by atoms with Crippen LogP contribution in [0.25, 0.3) is 11.3 Å². The van der Waals surface area contributed by atoms with Crippen LogP contribution in [0.4, 0.5) is 0 Å². The molecule has 2 aromatic rings. The Hall–Kier alpha value is -1.99. The lowest BCUT2D eigenvalue weighted by Gasteiger charge is -2.29. The largest absolute Gasteiger partial charge is 0.368 e. The number of morpholine rings is 1. The van der Waals surface area contributed by atoms with Gasteiger partial charge in [-0.2, -0.15) is 5.10 Å². The van der Waals surface area contributed by atoms with Gasteiger partial charge in [0.05, 0.1) is 18.5 Å². The third-order valence-electron chi connectivity index (χ3n) is 3.34. The van der Waals surface area contributed by atoms with Crippen molar-refractivity contribution in [2.45, 2.75) is 6.10 Å². The molecular weight excluding hydrogens is 258 g/mol. The molecule has 7 nitrogen and oxygen atoms in total. The van der Waals surface area contributed by atoms with E-state index < -0.39 is 0 Å². The van der Waals surface area contributed by atoms with Gasteiger partial charge < -0.3 is 14.6 Å². The summed E-state index contributed by atoms with van der Waals surface area (Å²) in [5, 5.41) is 4.10. The van der Waals surface area contributed by atoms with Crippen LogP contribution in [0.15, 0.2) is 23.3 Å². The molecule has 3 heterocycles. The molecule has 0 amide bonds. The molecule has 0 saturated carbocycles. The molecule has 1 unspecified atom stereocenters. The number of hydrogen-bond acceptors (Lipinski definition) is 5. The highest BCUT2D eigenvalue weighted by atomic mass is 16.5. The van der Waals surface area contributed by atoms with E-state index in [1.165, 1.54) is 6.07 Å². The first-order valence-corrected chi connectivity index (χ1v) is 6.52. The summed E-state index contributed by atoms with van der Waals surface area (Å²) in [4.78, 5) is 21.3. The number of likely N-dealkylation sites (N-methyl/N-ethyl adjacent to an activating group) is 1. The van der Waals surface area contributed by atoms with Gasteiger partial charge >= 0.3 is 0 Å². The van der Waals surface area contributed by atoms with Crippen LogP contribution in [0.3, 0.4) is 0 Å². The maximum Gasteiger partial charge on any atom is 0.251 e. The fourth-order valence-electron chi connectivity index (χ4n) is 2.27. The molecule has 1 N–H and O–H groups in total. The number of ether oxygens (including phenoxy) is 1. The summed E-state index contributed by atoms with van der Waals surface area (Å²) in [5.74, 6) is 0.572. The third-order valence-corrected chi connectivity index (χ3v) is 3.34. The molecule has 7 heteroatoms. The van der Waals surface area contributed by atoms with Gasteiger partial charge in [-0.1, -0.05) is 0 Å². The van der Waals surface area contributed by atoms with E-state index in [1.807, 2.05) is 20.3 Å². The van der Waals surface area contributed by atoms with Crippen molar-refractivity contribution in [3.63, 3.8) is 0 Å². The number of rotatable bonds is 2. The SMILES string of the molecule is CN1CCOC(c2nc(-c3cnn(C)c3)cc(=O)[nH]2)C1. The standard InChI is InChI=1S/C13H17N5O2/c1-17-3-4-20-11(8-17)13-15-10(5-12(19)16-13)9-6-14-18(2)7-9/h5-7,11H,3-4,8H2,1-2H3,(H,15,16,19). The van der Waals surface area contributed by atoms with Gasteiger partial charge in [0.25, 0.3) is 5.56 Å². The van der Waals surface area contributed by atoms with E-state index in [0.717, 1.165) is 18.7 Å². The highest BCUT2D eigenvalue weighted by molar-refractivity contribution is 5.56. The minimum absolute atomic E-state index is 0.175. The lowest BCUT2D eigenvalue weighted by molar-refractivity contribution is -0.0255. The monoisotopic (exact) mass is 275 g/mol. The molecule has 1 atom stereocenters. The topological polar surface area (TPSA) is 76.0 Å². The van der Waals surface area contributed by atoms with E-state index in [0.29, 0.717) is 18.1 Å². The summed E-state index contributed by atoms with van der Waals surface area (Å²) in [5.41, 5.74) is 1.27. The van der Waals surface area contributed by atoms with Crippen LogP contribution >= 0.6 is 0 Å². The van der Waals surface area contributed by atoms with Crippen LogP contribution in [-0.4, -0.2) is 51.4 Å². The average Bonchev–Trinajstić information content (AvgIpc) is 2.85. The molecule has 1 fully saturated rings. The Morgan fingerprint density at radius 1 is 1.45 bits per heavy atom. The molecule has 20 heavy (non-hydrogen) atoms. The molecule has 0 bridgehead atoms. The van der Waals surface area contributed by atoms with E-state index in [-0.39, 0.29) is 11.7 Å². The highest BCUT2D eigenvalue weighted by Crippen LogP contribution is 2.20. The van der Waals surface area contributed by atoms with Crippen molar-refractivity contribution in [1.82, 2.24) is 24.6 Å². The van der Waals surface area contributed by atoms with Gasteiger partial charge in [0.15, 0.2) is 0 Å². The molecule has 0 radical (unpaired) electrons. The zero-order valence-corrected chi connectivity index (χ0v) is 11.5. The first-order valence-electron chi connectivity index (χ1n) is 6.52. The van der Waals surface area contributed by atoms with E-state index in [2.05, 4.69) is 20.0 Å². The summed E-state index contributed by atoms with van der Waals surface area (Å²) in [7, 11) is 3.86. The molecule has 2 aromatic heterocycles. The molecule has 0 spiro atoms. The van der Waals surface area contributed by atoms with E-state index in [1.54, 1.807) is 10.9 Å². The molecule has 3 rings (SSSR count). The van der Waals surface area contributed by atoms with Gasteiger partial charge in [0, 0.05) is 38.0 Å². The van der Waals surface area contributed by atoms with E-state index >= 15 is 0 Å². The minimum atomic E-state index is -0.196. The van der Waals surface area contributed by atoms with Crippen molar-refractivity contribution in [1.29, 1.82) is 0 Å². The molecule has 0 aliphatic carbocycles. The summed E-state index contributed by atoms with van der Waals surface area (Å²) in [6.07, 6.45) is 3.33. The molecule has 1 saturated heterocycles. The Kier molecular flexibility index (Phi) is 3.37. The van der Waals surface area contributed by atoms with Crippen molar-refractivity contribution < 1.29 is 4.74 Å². The molecule has 0 aromatic carbocycles. The van der Waals surface area contributed by atoms with Gasteiger partial charge in [-0.15, -0.1) is 0 Å². The van der Waals surface area contributed by atoms with E-state index in [4.69, 9.17) is 4.74 Å². The second kappa shape index (κ2) is 5.18. The fraction of sp³-hybridized carbons (Fsp3) is 0.462. The minimum Gasteiger partial charge on any atom is -0.368 e. The second-order valence-electron chi connectivity index (χ2n) is 5.04. The van der Waals surface area contributed by atoms with Crippen molar-refractivity contribution >= 4 is 0 Å². The normalized spacial score (nSPS) is 20.2. The molecular formula is C13H17N5O2. The summed E-state index contributed by atoms with van der Waals surface area (Å²) >= 11 is 0. The number of nitrogens with one attached hydrogen (secondary N) is 1. The summed E-state index contributed by atoms with van der Waals surface area (Å²) < 4.78 is 7.37. The number of aromatic nitrogens is 4. The van der Waals surface area contributed by atoms with Crippen LogP contribution in [-0.2, 0) is 11.8 Å². The molecule has 106 valence electrons. The van der Waals surface area contributed by atoms with Gasteiger partial charge in [0.2, 0.25) is 0 Å². The quantitative estimate of drug-likeness (QED) is 0.845. The van der Waals surface area contributed by atoms with Crippen LogP contribution in [0.5, 0.6) is 0 Å². The predicted octanol–water partition coefficient (Wildman–Crippen LogP) is 0.173. The smallest absolute Gasteiger partial charge is 0.251 e. The Balaban J connectivity index is 1.96. The maximum atomic E-state index is 11.8. The first kappa shape index (κ1) is 13.0. The van der Waals surface area contributed by atoms with Crippen molar-refractivity contribution in [2.24, 2.45) is 7.05 Å². The van der Waals surface area contributed by atoms with Crippen LogP contribution < -0.4 is 5.56 Å². The van der Waals surface area contributed by atoms with E-state index in [9.17, 15) is 4.79 Å². The third kappa shape index (κ3) is 2.63. The van der Waals surface area contributed by atoms with Crippen LogP contribution in [0, 0.1) is 0 Å². The summed E-state index contributed by atoms with van der Waals surface area (Å²) in [6.45, 7) is 2.25. The molecule has 1 aliphatic heterocycles. The zero-order chi connectivity index (χ0) is 14.1. The van der Waals surface area contributed by atoms with Crippen molar-refractivity contribution in [2.75, 3.05) is 26.7 Å². The number of hydrogen-bond donors (Lipinski definition) is 1. The van der Waals surface area contributed by atoms with Gasteiger partial charge in [-0.25, -0.2) is 4.98 Å². The molecule has 1 aliphatic rings. The lowest BCUT2D eigenvalue weighted by Crippen LogP contribution is -2.36. The first-order chi connectivity index (χ1) is 9.61. The number of aromatic amines is 1. The van der Waals surface area contributed by atoms with Gasteiger partial charge in [-0.3, -0.25) is 9.48 Å². The predicted molar refractivity (Wildman–Crippen MR) is 73.2 cm³/mol. The maximum absolute atomic E-state index is 11.8. The highest BCUT2D eigenvalue weighted by Gasteiger charge is 2.22. The Labute approximate surface area is 116 Å². The average molecular weight is 275 g/mol. The van der Waals surface area contributed by atoms with Crippen LogP contribution in [0.2, 0.25) is 0 Å². The number of nitrogens with zero attached hydrogens (tertiary/aromatic N) is 4. The van der Waals surface area contributed by atoms with Crippen LogP contribution in [0.1, 0.15) is 11.9 Å². The Morgan fingerprint density at radius 2 is 2.30 bits per heavy atom. The number of aryl methyl sites for hydroxylation is 1. The summed E-state index contributed by atoms with van der Waals surface area (Å²) in [6, 6.07) is 1.48. The Morgan fingerprint density at radius 3 is 3.00 bits per heavy atom. The Bertz CT molecular complexity index is 663. The number of H-pyrrole nitrogens is 1.